The summed E-state index contributed by atoms with van der Waals surface area (Å²) in [6, 6.07) is 14.6. The summed E-state index contributed by atoms with van der Waals surface area (Å²) in [7, 11) is 0. The van der Waals surface area contributed by atoms with Crippen molar-refractivity contribution in [2.75, 3.05) is 18.4 Å². The molecule has 1 fully saturated rings. The molecule has 0 bridgehead atoms. The number of nitrogens with one attached hydrogen (secondary N) is 2. The Balaban J connectivity index is 1.49. The van der Waals surface area contributed by atoms with Crippen molar-refractivity contribution in [3.05, 3.63) is 59.4 Å². The summed E-state index contributed by atoms with van der Waals surface area (Å²) in [6.45, 7) is 6.10. The summed E-state index contributed by atoms with van der Waals surface area (Å²) >= 11 is 5.68. The molecule has 1 aliphatic rings. The summed E-state index contributed by atoms with van der Waals surface area (Å²) in [6.07, 6.45) is 2.26. The molecule has 0 spiro atoms. The molecule has 2 heterocycles. The van der Waals surface area contributed by atoms with Crippen molar-refractivity contribution in [3.8, 4) is 0 Å². The van der Waals surface area contributed by atoms with E-state index in [1.54, 1.807) is 0 Å². The molecule has 3 aromatic rings. The number of hydrogen-bond donors (Lipinski definition) is 2. The molecule has 2 N–H and O–H groups in total. The van der Waals surface area contributed by atoms with Crippen LogP contribution in [0.1, 0.15) is 35.7 Å². The lowest BCUT2D eigenvalue weighted by atomic mass is 9.98. The van der Waals surface area contributed by atoms with Crippen LogP contribution >= 0.6 is 12.2 Å². The largest absolute Gasteiger partial charge is 0.348 e. The highest BCUT2D eigenvalue weighted by molar-refractivity contribution is 7.80. The highest BCUT2D eigenvalue weighted by Crippen LogP contribution is 2.27. The predicted molar refractivity (Wildman–Crippen MR) is 112 cm³/mol. The number of aryl methyl sites for hydroxylation is 2. The van der Waals surface area contributed by atoms with E-state index in [4.69, 9.17) is 17.2 Å². The summed E-state index contributed by atoms with van der Waals surface area (Å²) in [5.41, 5.74) is 5.71. The molecule has 2 aromatic carbocycles. The number of fused-ring (bicyclic) bond motifs is 1. The molecule has 0 unspecified atom stereocenters. The number of likely N-dealkylation sites (tertiary alicyclic amines) is 1. The highest BCUT2D eigenvalue weighted by Gasteiger charge is 2.25. The molecular weight excluding hydrogens is 340 g/mol. The van der Waals surface area contributed by atoms with E-state index in [2.05, 4.69) is 59.4 Å². The Kier molecular flexibility index (Phi) is 4.64. The molecule has 4 rings (SSSR count). The normalized spacial score (nSPS) is 17.5. The first-order valence-electron chi connectivity index (χ1n) is 9.18. The van der Waals surface area contributed by atoms with Crippen LogP contribution in [-0.2, 0) is 0 Å². The van der Waals surface area contributed by atoms with Gasteiger partial charge in [0.15, 0.2) is 5.11 Å². The molecule has 1 saturated heterocycles. The molecule has 1 aromatic heterocycles. The van der Waals surface area contributed by atoms with E-state index in [0.717, 1.165) is 53.6 Å². The number of aromatic amines is 1. The van der Waals surface area contributed by atoms with Crippen LogP contribution < -0.4 is 5.32 Å². The smallest absolute Gasteiger partial charge is 0.173 e. The maximum atomic E-state index is 5.68. The third-order valence-corrected chi connectivity index (χ3v) is 5.50. The number of imidazole rings is 1. The fourth-order valence-electron chi connectivity index (χ4n) is 3.63. The third kappa shape index (κ3) is 3.44. The number of para-hydroxylation sites is 1. The fraction of sp³-hybridized carbons (Fsp3) is 0.333. The van der Waals surface area contributed by atoms with E-state index in [-0.39, 0.29) is 0 Å². The maximum absolute atomic E-state index is 5.68. The standard InChI is InChI=1S/C21H24N4S/c1-14-9-10-18-19(12-14)23-20(22-18)16-7-5-11-25(13-16)21(26)24-17-8-4-3-6-15(17)2/h3-4,6,8-10,12,16H,5,7,11,13H2,1-2H3,(H,22,23)(H,24,26)/t16-/m0/s1. The number of hydrogen-bond acceptors (Lipinski definition) is 2. The summed E-state index contributed by atoms with van der Waals surface area (Å²) in [5, 5.41) is 4.21. The van der Waals surface area contributed by atoms with E-state index in [0.29, 0.717) is 5.92 Å². The van der Waals surface area contributed by atoms with Crippen molar-refractivity contribution in [1.82, 2.24) is 14.9 Å². The van der Waals surface area contributed by atoms with Crippen LogP contribution in [-0.4, -0.2) is 33.1 Å². The highest BCUT2D eigenvalue weighted by atomic mass is 32.1. The van der Waals surface area contributed by atoms with E-state index in [1.807, 2.05) is 12.1 Å². The van der Waals surface area contributed by atoms with Gasteiger partial charge in [-0.1, -0.05) is 24.3 Å². The van der Waals surface area contributed by atoms with E-state index < -0.39 is 0 Å². The molecule has 0 aliphatic carbocycles. The minimum absolute atomic E-state index is 0.382. The van der Waals surface area contributed by atoms with Crippen molar-refractivity contribution in [2.45, 2.75) is 32.6 Å². The van der Waals surface area contributed by atoms with Gasteiger partial charge in [-0.05, 0) is 68.2 Å². The topological polar surface area (TPSA) is 44.0 Å². The second kappa shape index (κ2) is 7.08. The van der Waals surface area contributed by atoms with Gasteiger partial charge in [0.25, 0.3) is 0 Å². The van der Waals surface area contributed by atoms with E-state index >= 15 is 0 Å². The van der Waals surface area contributed by atoms with Crippen molar-refractivity contribution < 1.29 is 0 Å². The van der Waals surface area contributed by atoms with Crippen molar-refractivity contribution in [3.63, 3.8) is 0 Å². The minimum Gasteiger partial charge on any atom is -0.348 e. The Morgan fingerprint density at radius 3 is 2.92 bits per heavy atom. The molecule has 5 heteroatoms. The second-order valence-corrected chi connectivity index (χ2v) is 7.56. The van der Waals surface area contributed by atoms with Crippen molar-refractivity contribution in [2.24, 2.45) is 0 Å². The van der Waals surface area contributed by atoms with Gasteiger partial charge >= 0.3 is 0 Å². The molecule has 1 atom stereocenters. The Labute approximate surface area is 159 Å². The fourth-order valence-corrected chi connectivity index (χ4v) is 3.90. The van der Waals surface area contributed by atoms with Gasteiger partial charge in [-0.25, -0.2) is 4.98 Å². The lowest BCUT2D eigenvalue weighted by molar-refractivity contribution is 0.307. The van der Waals surface area contributed by atoms with Crippen LogP contribution in [0.15, 0.2) is 42.5 Å². The van der Waals surface area contributed by atoms with Crippen LogP contribution in [0.3, 0.4) is 0 Å². The molecule has 26 heavy (non-hydrogen) atoms. The Morgan fingerprint density at radius 2 is 2.08 bits per heavy atom. The van der Waals surface area contributed by atoms with Gasteiger partial charge in [-0.15, -0.1) is 0 Å². The monoisotopic (exact) mass is 364 g/mol. The lowest BCUT2D eigenvalue weighted by Gasteiger charge is -2.34. The minimum atomic E-state index is 0.382. The zero-order valence-corrected chi connectivity index (χ0v) is 16.1. The zero-order chi connectivity index (χ0) is 18.1. The number of nitrogens with zero attached hydrogens (tertiary/aromatic N) is 2. The molecule has 0 saturated carbocycles. The number of benzene rings is 2. The number of rotatable bonds is 2. The summed E-state index contributed by atoms with van der Waals surface area (Å²) in [5.74, 6) is 1.46. The number of piperidine rings is 1. The number of anilines is 1. The SMILES string of the molecule is Cc1ccc2nc([C@H]3CCCN(C(=S)Nc4ccccc4C)C3)[nH]c2c1. The first kappa shape index (κ1) is 17.0. The number of H-pyrrole nitrogens is 1. The van der Waals surface area contributed by atoms with Crippen LogP contribution in [0.25, 0.3) is 11.0 Å². The van der Waals surface area contributed by atoms with Crippen LogP contribution in [0.5, 0.6) is 0 Å². The maximum Gasteiger partial charge on any atom is 0.173 e. The predicted octanol–water partition coefficient (Wildman–Crippen LogP) is 4.76. The molecule has 4 nitrogen and oxygen atoms in total. The van der Waals surface area contributed by atoms with E-state index in [9.17, 15) is 0 Å². The Bertz CT molecular complexity index is 946. The Morgan fingerprint density at radius 1 is 1.23 bits per heavy atom. The molecule has 134 valence electrons. The summed E-state index contributed by atoms with van der Waals surface area (Å²) < 4.78 is 0. The number of thiocarbonyl (C=S) groups is 1. The van der Waals surface area contributed by atoms with Gasteiger partial charge in [0.05, 0.1) is 11.0 Å². The Hall–Kier alpha value is -2.40. The molecular formula is C21H24N4S. The van der Waals surface area contributed by atoms with Crippen molar-refractivity contribution >= 4 is 34.1 Å². The zero-order valence-electron chi connectivity index (χ0n) is 15.2. The van der Waals surface area contributed by atoms with Crippen LogP contribution in [0, 0.1) is 13.8 Å². The van der Waals surface area contributed by atoms with Gasteiger partial charge in [-0.2, -0.15) is 0 Å². The molecule has 0 radical (unpaired) electrons. The second-order valence-electron chi connectivity index (χ2n) is 7.17. The quantitative estimate of drug-likeness (QED) is 0.644. The average molecular weight is 365 g/mol. The van der Waals surface area contributed by atoms with Crippen LogP contribution in [0.4, 0.5) is 5.69 Å². The van der Waals surface area contributed by atoms with Gasteiger partial charge in [0.1, 0.15) is 5.82 Å². The molecule has 1 aliphatic heterocycles. The van der Waals surface area contributed by atoms with Gasteiger partial charge in [0, 0.05) is 24.7 Å². The van der Waals surface area contributed by atoms with E-state index in [1.165, 1.54) is 11.1 Å². The first-order chi connectivity index (χ1) is 12.6. The average Bonchev–Trinajstić information content (AvgIpc) is 3.07. The third-order valence-electron chi connectivity index (χ3n) is 5.14. The summed E-state index contributed by atoms with van der Waals surface area (Å²) in [4.78, 5) is 10.6. The number of aromatic nitrogens is 2. The first-order valence-corrected chi connectivity index (χ1v) is 9.59. The van der Waals surface area contributed by atoms with Gasteiger partial charge < -0.3 is 15.2 Å². The van der Waals surface area contributed by atoms with Crippen molar-refractivity contribution in [1.29, 1.82) is 0 Å². The molecule has 0 amide bonds. The van der Waals surface area contributed by atoms with Crippen LogP contribution in [0.2, 0.25) is 0 Å². The van der Waals surface area contributed by atoms with Gasteiger partial charge in [0.2, 0.25) is 0 Å². The lowest BCUT2D eigenvalue weighted by Crippen LogP contribution is -2.41. The van der Waals surface area contributed by atoms with Gasteiger partial charge in [-0.3, -0.25) is 0 Å².